The van der Waals surface area contributed by atoms with Gasteiger partial charge >= 0.3 is 5.97 Å². The third-order valence-electron chi connectivity index (χ3n) is 3.51. The number of benzene rings is 1. The molecule has 0 saturated carbocycles. The molecule has 1 aromatic carbocycles. The van der Waals surface area contributed by atoms with Gasteiger partial charge in [0.25, 0.3) is 5.91 Å². The number of para-hydroxylation sites is 1. The lowest BCUT2D eigenvalue weighted by atomic mass is 10.2. The van der Waals surface area contributed by atoms with Crippen LogP contribution in [0.15, 0.2) is 24.3 Å². The van der Waals surface area contributed by atoms with Crippen LogP contribution in [0, 0.1) is 11.3 Å². The van der Waals surface area contributed by atoms with Crippen molar-refractivity contribution in [1.29, 1.82) is 5.26 Å². The van der Waals surface area contributed by atoms with Crippen LogP contribution in [0.25, 0.3) is 0 Å². The van der Waals surface area contributed by atoms with Gasteiger partial charge in [0.15, 0.2) is 6.10 Å². The topological polar surface area (TPSA) is 99.9 Å². The summed E-state index contributed by atoms with van der Waals surface area (Å²) in [6.45, 7) is 2.52. The normalized spacial score (nSPS) is 18.8. The third-order valence-corrected chi connectivity index (χ3v) is 3.51. The summed E-state index contributed by atoms with van der Waals surface area (Å²) in [5, 5.41) is 17.9. The summed E-state index contributed by atoms with van der Waals surface area (Å²) in [4.78, 5) is 24.7. The molecule has 1 heterocycles. The predicted octanol–water partition coefficient (Wildman–Crippen LogP) is 1.03. The van der Waals surface area contributed by atoms with Crippen LogP contribution < -0.4 is 4.74 Å². The van der Waals surface area contributed by atoms with Crippen LogP contribution in [0.5, 0.6) is 5.75 Å². The van der Waals surface area contributed by atoms with E-state index in [-0.39, 0.29) is 18.9 Å². The van der Waals surface area contributed by atoms with Gasteiger partial charge < -0.3 is 19.5 Å². The van der Waals surface area contributed by atoms with Gasteiger partial charge in [-0.05, 0) is 19.1 Å². The lowest BCUT2D eigenvalue weighted by molar-refractivity contribution is -0.151. The number of ether oxygens (including phenoxy) is 2. The van der Waals surface area contributed by atoms with Crippen LogP contribution in [-0.4, -0.2) is 53.8 Å². The van der Waals surface area contributed by atoms with Crippen LogP contribution in [0.4, 0.5) is 0 Å². The van der Waals surface area contributed by atoms with Gasteiger partial charge in [0.1, 0.15) is 11.8 Å². The van der Waals surface area contributed by atoms with Crippen LogP contribution >= 0.6 is 0 Å². The van der Waals surface area contributed by atoms with Crippen molar-refractivity contribution in [3.05, 3.63) is 29.8 Å². The molecule has 0 spiro atoms. The van der Waals surface area contributed by atoms with E-state index in [1.54, 1.807) is 31.2 Å². The third kappa shape index (κ3) is 4.44. The molecule has 0 aliphatic carbocycles. The highest BCUT2D eigenvalue weighted by atomic mass is 16.5. The van der Waals surface area contributed by atoms with E-state index in [0.717, 1.165) is 0 Å². The van der Waals surface area contributed by atoms with E-state index < -0.39 is 18.2 Å². The Morgan fingerprint density at radius 2 is 2.26 bits per heavy atom. The summed E-state index contributed by atoms with van der Waals surface area (Å²) < 4.78 is 10.9. The monoisotopic (exact) mass is 318 g/mol. The maximum Gasteiger partial charge on any atom is 0.306 e. The summed E-state index contributed by atoms with van der Waals surface area (Å²) >= 11 is 0. The van der Waals surface area contributed by atoms with Crippen molar-refractivity contribution >= 4 is 11.9 Å². The highest BCUT2D eigenvalue weighted by Gasteiger charge is 2.29. The Labute approximate surface area is 134 Å². The molecule has 1 fully saturated rings. The van der Waals surface area contributed by atoms with E-state index in [4.69, 9.17) is 19.8 Å². The maximum absolute atomic E-state index is 12.4. The zero-order valence-corrected chi connectivity index (χ0v) is 12.8. The molecule has 2 rings (SSSR count). The van der Waals surface area contributed by atoms with Crippen molar-refractivity contribution in [1.82, 2.24) is 4.90 Å². The molecule has 1 aliphatic rings. The number of rotatable bonds is 5. The summed E-state index contributed by atoms with van der Waals surface area (Å²) in [5.41, 5.74) is 0.359. The largest absolute Gasteiger partial charge is 0.481 e. The minimum absolute atomic E-state index is 0.143. The quantitative estimate of drug-likeness (QED) is 0.870. The first kappa shape index (κ1) is 16.8. The Balaban J connectivity index is 1.99. The number of morpholine rings is 1. The number of aliphatic carboxylic acids is 1. The molecule has 23 heavy (non-hydrogen) atoms. The van der Waals surface area contributed by atoms with Crippen molar-refractivity contribution in [2.24, 2.45) is 0 Å². The molecule has 1 saturated heterocycles. The molecule has 1 N–H and O–H groups in total. The van der Waals surface area contributed by atoms with E-state index in [1.165, 1.54) is 4.90 Å². The summed E-state index contributed by atoms with van der Waals surface area (Å²) in [7, 11) is 0. The van der Waals surface area contributed by atoms with Crippen LogP contribution in [0.2, 0.25) is 0 Å². The van der Waals surface area contributed by atoms with Crippen molar-refractivity contribution in [3.8, 4) is 11.8 Å². The van der Waals surface area contributed by atoms with Crippen molar-refractivity contribution in [2.45, 2.75) is 25.6 Å². The smallest absolute Gasteiger partial charge is 0.306 e. The number of hydrogen-bond acceptors (Lipinski definition) is 5. The highest BCUT2D eigenvalue weighted by molar-refractivity contribution is 5.81. The van der Waals surface area contributed by atoms with E-state index in [9.17, 15) is 9.59 Å². The van der Waals surface area contributed by atoms with Gasteiger partial charge in [-0.15, -0.1) is 0 Å². The van der Waals surface area contributed by atoms with Crippen molar-refractivity contribution in [2.75, 3.05) is 19.7 Å². The molecule has 122 valence electrons. The molecule has 0 radical (unpaired) electrons. The van der Waals surface area contributed by atoms with Crippen LogP contribution in [0.3, 0.4) is 0 Å². The molecular weight excluding hydrogens is 300 g/mol. The molecule has 0 unspecified atom stereocenters. The molecule has 1 amide bonds. The van der Waals surface area contributed by atoms with Gasteiger partial charge in [-0.1, -0.05) is 12.1 Å². The molecular formula is C16H18N2O5. The van der Waals surface area contributed by atoms with Crippen molar-refractivity contribution in [3.63, 3.8) is 0 Å². The zero-order valence-electron chi connectivity index (χ0n) is 12.8. The number of carbonyl (C=O) groups excluding carboxylic acids is 1. The Kier molecular flexibility index (Phi) is 5.55. The summed E-state index contributed by atoms with van der Waals surface area (Å²) in [5.74, 6) is -0.862. The molecule has 0 bridgehead atoms. The molecule has 7 nitrogen and oxygen atoms in total. The fourth-order valence-electron chi connectivity index (χ4n) is 2.40. The fourth-order valence-corrected chi connectivity index (χ4v) is 2.40. The number of amides is 1. The second-order valence-corrected chi connectivity index (χ2v) is 5.24. The number of nitriles is 1. The van der Waals surface area contributed by atoms with Crippen molar-refractivity contribution < 1.29 is 24.2 Å². The lowest BCUT2D eigenvalue weighted by Crippen LogP contribution is -2.50. The Hall–Kier alpha value is -2.59. The zero-order chi connectivity index (χ0) is 16.8. The van der Waals surface area contributed by atoms with E-state index in [2.05, 4.69) is 0 Å². The number of carboxylic acid groups (broad SMARTS) is 1. The van der Waals surface area contributed by atoms with Gasteiger partial charge in [-0.2, -0.15) is 5.26 Å². The Morgan fingerprint density at radius 3 is 2.96 bits per heavy atom. The molecule has 7 heteroatoms. The average molecular weight is 318 g/mol. The molecule has 0 aromatic heterocycles. The van der Waals surface area contributed by atoms with Gasteiger partial charge in [-0.3, -0.25) is 9.59 Å². The van der Waals surface area contributed by atoms with E-state index in [1.807, 2.05) is 6.07 Å². The summed E-state index contributed by atoms with van der Waals surface area (Å²) in [6, 6.07) is 8.71. The molecule has 1 aromatic rings. The number of carbonyl (C=O) groups is 2. The second-order valence-electron chi connectivity index (χ2n) is 5.24. The first-order valence-corrected chi connectivity index (χ1v) is 7.29. The average Bonchev–Trinajstić information content (AvgIpc) is 2.54. The lowest BCUT2D eigenvalue weighted by Gasteiger charge is -2.33. The number of nitrogens with zero attached hydrogens (tertiary/aromatic N) is 2. The predicted molar refractivity (Wildman–Crippen MR) is 79.8 cm³/mol. The van der Waals surface area contributed by atoms with Crippen LogP contribution in [0.1, 0.15) is 18.9 Å². The number of hydrogen-bond donors (Lipinski definition) is 1. The maximum atomic E-state index is 12.4. The number of carboxylic acids is 1. The highest BCUT2D eigenvalue weighted by Crippen LogP contribution is 2.19. The molecule has 2 atom stereocenters. The first-order chi connectivity index (χ1) is 11.0. The molecule has 1 aliphatic heterocycles. The fraction of sp³-hybridized carbons (Fsp3) is 0.438. The van der Waals surface area contributed by atoms with Gasteiger partial charge in [0.05, 0.1) is 24.7 Å². The van der Waals surface area contributed by atoms with Gasteiger partial charge in [0.2, 0.25) is 0 Å². The Bertz CT molecular complexity index is 625. The minimum Gasteiger partial charge on any atom is -0.481 e. The SMILES string of the molecule is C[C@@H](Oc1ccccc1C#N)C(=O)N1CCO[C@@H](CC(=O)O)C1. The van der Waals surface area contributed by atoms with Crippen LogP contribution in [-0.2, 0) is 14.3 Å². The van der Waals surface area contributed by atoms with E-state index >= 15 is 0 Å². The van der Waals surface area contributed by atoms with E-state index in [0.29, 0.717) is 24.5 Å². The van der Waals surface area contributed by atoms with Gasteiger partial charge in [0, 0.05) is 13.1 Å². The Morgan fingerprint density at radius 1 is 1.52 bits per heavy atom. The van der Waals surface area contributed by atoms with Gasteiger partial charge in [-0.25, -0.2) is 0 Å². The summed E-state index contributed by atoms with van der Waals surface area (Å²) in [6.07, 6.45) is -1.42. The first-order valence-electron chi connectivity index (χ1n) is 7.29. The standard InChI is InChI=1S/C16H18N2O5/c1-11(23-14-5-3-2-4-12(14)9-17)16(21)18-6-7-22-13(10-18)8-15(19)20/h2-5,11,13H,6-8,10H2,1H3,(H,19,20)/t11-,13+/m1/s1. The second kappa shape index (κ2) is 7.61. The minimum atomic E-state index is -0.962.